The van der Waals surface area contributed by atoms with Crippen LogP contribution in [-0.4, -0.2) is 6.29 Å². The zero-order valence-electron chi connectivity index (χ0n) is 5.79. The Kier molecular flexibility index (Phi) is 2.68. The molecule has 0 heterocycles. The van der Waals surface area contributed by atoms with Gasteiger partial charge in [0.25, 0.3) is 0 Å². The maximum Gasteiger partial charge on any atom is 0.146 e. The third-order valence-electron chi connectivity index (χ3n) is 1.39. The van der Waals surface area contributed by atoms with Crippen LogP contribution >= 0.6 is 0 Å². The number of carbonyl (C=O) groups excluding carboxylic acids is 1. The van der Waals surface area contributed by atoms with Gasteiger partial charge in [0, 0.05) is 0 Å². The van der Waals surface area contributed by atoms with Gasteiger partial charge >= 0.3 is 0 Å². The summed E-state index contributed by atoms with van der Waals surface area (Å²) in [6.07, 6.45) is 12.5. The molecule has 0 unspecified atom stereocenters. The standard InChI is InChI=1S/C9H10O/c10-8-9-6-4-2-1-3-5-7-9/h2-6,8H,1,7H2. The zero-order valence-corrected chi connectivity index (χ0v) is 5.79. The van der Waals surface area contributed by atoms with Crippen molar-refractivity contribution < 1.29 is 4.79 Å². The molecule has 1 aliphatic carbocycles. The Bertz CT molecular complexity index is 197. The topological polar surface area (TPSA) is 17.1 Å². The summed E-state index contributed by atoms with van der Waals surface area (Å²) < 4.78 is 0. The molecule has 0 radical (unpaired) electrons. The number of hydrogen-bond donors (Lipinski definition) is 0. The third kappa shape index (κ3) is 2.02. The summed E-state index contributed by atoms with van der Waals surface area (Å²) in [6, 6.07) is 0. The van der Waals surface area contributed by atoms with E-state index >= 15 is 0 Å². The zero-order chi connectivity index (χ0) is 7.23. The highest BCUT2D eigenvalue weighted by molar-refractivity contribution is 5.74. The lowest BCUT2D eigenvalue weighted by molar-refractivity contribution is -0.104. The number of allylic oxidation sites excluding steroid dienone is 6. The summed E-state index contributed by atoms with van der Waals surface area (Å²) in [6.45, 7) is 0. The molecule has 0 aromatic heterocycles. The van der Waals surface area contributed by atoms with E-state index in [4.69, 9.17) is 0 Å². The first-order chi connectivity index (χ1) is 4.93. The Morgan fingerprint density at radius 2 is 2.20 bits per heavy atom. The molecule has 0 bridgehead atoms. The van der Waals surface area contributed by atoms with Gasteiger partial charge in [0.2, 0.25) is 0 Å². The van der Waals surface area contributed by atoms with E-state index in [2.05, 4.69) is 6.08 Å². The van der Waals surface area contributed by atoms with E-state index in [1.54, 1.807) is 0 Å². The molecular formula is C9H10O. The van der Waals surface area contributed by atoms with Crippen LogP contribution in [-0.2, 0) is 4.79 Å². The fourth-order valence-electron chi connectivity index (χ4n) is 0.820. The molecule has 0 aliphatic heterocycles. The second-order valence-electron chi connectivity index (χ2n) is 2.20. The molecule has 1 nitrogen and oxygen atoms in total. The molecule has 0 saturated heterocycles. The Hall–Kier alpha value is -1.11. The highest BCUT2D eigenvalue weighted by Crippen LogP contribution is 2.03. The van der Waals surface area contributed by atoms with E-state index in [1.165, 1.54) is 0 Å². The highest BCUT2D eigenvalue weighted by atomic mass is 16.1. The van der Waals surface area contributed by atoms with Crippen LogP contribution in [0.2, 0.25) is 0 Å². The Balaban J connectivity index is 2.70. The largest absolute Gasteiger partial charge is 0.298 e. The molecule has 0 fully saturated rings. The van der Waals surface area contributed by atoms with Gasteiger partial charge in [0.1, 0.15) is 6.29 Å². The predicted molar refractivity (Wildman–Crippen MR) is 41.7 cm³/mol. The van der Waals surface area contributed by atoms with E-state index in [-0.39, 0.29) is 0 Å². The maximum absolute atomic E-state index is 10.3. The second-order valence-corrected chi connectivity index (χ2v) is 2.20. The van der Waals surface area contributed by atoms with E-state index in [9.17, 15) is 4.79 Å². The van der Waals surface area contributed by atoms with Crippen molar-refractivity contribution in [3.63, 3.8) is 0 Å². The molecule has 0 amide bonds. The molecule has 1 aliphatic rings. The first-order valence-electron chi connectivity index (χ1n) is 3.39. The van der Waals surface area contributed by atoms with Gasteiger partial charge in [-0.1, -0.05) is 30.4 Å². The van der Waals surface area contributed by atoms with Crippen LogP contribution in [0.3, 0.4) is 0 Å². The summed E-state index contributed by atoms with van der Waals surface area (Å²) >= 11 is 0. The molecule has 10 heavy (non-hydrogen) atoms. The first kappa shape index (κ1) is 7.00. The minimum absolute atomic E-state index is 0.772. The number of rotatable bonds is 1. The van der Waals surface area contributed by atoms with Crippen LogP contribution in [0.15, 0.2) is 36.0 Å². The molecule has 1 rings (SSSR count). The average Bonchev–Trinajstić information content (AvgIpc) is 1.87. The van der Waals surface area contributed by atoms with Crippen molar-refractivity contribution in [3.05, 3.63) is 36.0 Å². The van der Waals surface area contributed by atoms with Crippen molar-refractivity contribution in [2.45, 2.75) is 12.8 Å². The van der Waals surface area contributed by atoms with Gasteiger partial charge in [0.05, 0.1) is 0 Å². The van der Waals surface area contributed by atoms with Crippen LogP contribution in [0.4, 0.5) is 0 Å². The molecule has 0 spiro atoms. The summed E-state index contributed by atoms with van der Waals surface area (Å²) in [5.41, 5.74) is 0.840. The highest BCUT2D eigenvalue weighted by Gasteiger charge is 1.90. The molecule has 52 valence electrons. The molecule has 0 N–H and O–H groups in total. The molecule has 0 saturated carbocycles. The Labute approximate surface area is 60.7 Å². The second kappa shape index (κ2) is 3.83. The van der Waals surface area contributed by atoms with E-state index in [0.717, 1.165) is 24.7 Å². The van der Waals surface area contributed by atoms with Gasteiger partial charge < -0.3 is 0 Å². The lowest BCUT2D eigenvalue weighted by atomic mass is 10.1. The fourth-order valence-corrected chi connectivity index (χ4v) is 0.820. The lowest BCUT2D eigenvalue weighted by Crippen LogP contribution is -1.82. The van der Waals surface area contributed by atoms with Crippen molar-refractivity contribution in [2.24, 2.45) is 0 Å². The normalized spacial score (nSPS) is 17.4. The van der Waals surface area contributed by atoms with Gasteiger partial charge in [-0.05, 0) is 18.4 Å². The lowest BCUT2D eigenvalue weighted by Gasteiger charge is -1.93. The summed E-state index contributed by atoms with van der Waals surface area (Å²) in [7, 11) is 0. The number of hydrogen-bond acceptors (Lipinski definition) is 1. The molecular weight excluding hydrogens is 124 g/mol. The third-order valence-corrected chi connectivity index (χ3v) is 1.39. The van der Waals surface area contributed by atoms with Gasteiger partial charge in [0.15, 0.2) is 0 Å². The van der Waals surface area contributed by atoms with Crippen molar-refractivity contribution in [2.75, 3.05) is 0 Å². The van der Waals surface area contributed by atoms with E-state index < -0.39 is 0 Å². The van der Waals surface area contributed by atoms with Crippen molar-refractivity contribution in [3.8, 4) is 0 Å². The summed E-state index contributed by atoms with van der Waals surface area (Å²) in [4.78, 5) is 10.3. The molecule has 1 heteroatoms. The van der Waals surface area contributed by atoms with Crippen molar-refractivity contribution >= 4 is 6.29 Å². The van der Waals surface area contributed by atoms with Gasteiger partial charge in [-0.25, -0.2) is 0 Å². The summed E-state index contributed by atoms with van der Waals surface area (Å²) in [5, 5.41) is 0. The van der Waals surface area contributed by atoms with Crippen LogP contribution in [0.1, 0.15) is 12.8 Å². The first-order valence-corrected chi connectivity index (χ1v) is 3.39. The fraction of sp³-hybridized carbons (Fsp3) is 0.222. The van der Waals surface area contributed by atoms with E-state index in [0.29, 0.717) is 0 Å². The quantitative estimate of drug-likeness (QED) is 0.396. The van der Waals surface area contributed by atoms with Crippen LogP contribution < -0.4 is 0 Å². The average molecular weight is 134 g/mol. The summed E-state index contributed by atoms with van der Waals surface area (Å²) in [5.74, 6) is 0. The number of carbonyl (C=O) groups is 1. The van der Waals surface area contributed by atoms with Gasteiger partial charge in [-0.15, -0.1) is 0 Å². The molecule has 0 atom stereocenters. The Morgan fingerprint density at radius 1 is 1.30 bits per heavy atom. The van der Waals surface area contributed by atoms with E-state index in [1.807, 2.05) is 24.3 Å². The minimum Gasteiger partial charge on any atom is -0.298 e. The van der Waals surface area contributed by atoms with Crippen LogP contribution in [0, 0.1) is 0 Å². The smallest absolute Gasteiger partial charge is 0.146 e. The SMILES string of the molecule is O=CC1=CC=CCC=CC1. The monoisotopic (exact) mass is 134 g/mol. The number of aldehydes is 1. The van der Waals surface area contributed by atoms with Crippen molar-refractivity contribution in [1.82, 2.24) is 0 Å². The van der Waals surface area contributed by atoms with Crippen LogP contribution in [0.25, 0.3) is 0 Å². The maximum atomic E-state index is 10.3. The van der Waals surface area contributed by atoms with Gasteiger partial charge in [-0.2, -0.15) is 0 Å². The van der Waals surface area contributed by atoms with Crippen LogP contribution in [0.5, 0.6) is 0 Å². The minimum atomic E-state index is 0.772. The molecule has 0 aromatic rings. The molecule has 0 aromatic carbocycles. The van der Waals surface area contributed by atoms with Gasteiger partial charge in [-0.3, -0.25) is 4.79 Å². The van der Waals surface area contributed by atoms with Crippen molar-refractivity contribution in [1.29, 1.82) is 0 Å². The Morgan fingerprint density at radius 3 is 3.00 bits per heavy atom. The predicted octanol–water partition coefficient (Wildman–Crippen LogP) is 2.02.